The van der Waals surface area contributed by atoms with Crippen molar-refractivity contribution in [2.24, 2.45) is 11.7 Å². The Bertz CT molecular complexity index is 498. The van der Waals surface area contributed by atoms with Gasteiger partial charge in [-0.1, -0.05) is 12.1 Å². The van der Waals surface area contributed by atoms with Gasteiger partial charge < -0.3 is 19.9 Å². The van der Waals surface area contributed by atoms with Crippen LogP contribution in [0.5, 0.6) is 0 Å². The Kier molecular flexibility index (Phi) is 9.56. The second-order valence-corrected chi connectivity index (χ2v) is 6.50. The standard InChI is InChI=1S/C14H22NO5P.ClH/c1-3-19-21(18,20-4-2)13-7-5-11(6-8-13)9-12(10-15)14(16)17;/h5-8,12H,3-4,9-10,15H2,1-2H3,(H,16,17);1H/t12-;/m0./s1. The highest BCUT2D eigenvalue weighted by molar-refractivity contribution is 7.62. The summed E-state index contributed by atoms with van der Waals surface area (Å²) in [5.74, 6) is -1.54. The van der Waals surface area contributed by atoms with Gasteiger partial charge >= 0.3 is 13.6 Å². The van der Waals surface area contributed by atoms with Crippen LogP contribution in [-0.2, 0) is 24.8 Å². The number of halogens is 1. The molecule has 3 N–H and O–H groups in total. The van der Waals surface area contributed by atoms with Crippen LogP contribution in [0.2, 0.25) is 0 Å². The third kappa shape index (κ3) is 5.71. The van der Waals surface area contributed by atoms with Crippen molar-refractivity contribution < 1.29 is 23.5 Å². The number of aliphatic carboxylic acids is 1. The number of carboxylic acids is 1. The zero-order valence-electron chi connectivity index (χ0n) is 12.7. The predicted molar refractivity (Wildman–Crippen MR) is 88.1 cm³/mol. The molecule has 0 spiro atoms. The van der Waals surface area contributed by atoms with E-state index in [0.29, 0.717) is 11.7 Å². The molecule has 0 aliphatic rings. The number of hydrogen-bond acceptors (Lipinski definition) is 5. The highest BCUT2D eigenvalue weighted by Crippen LogP contribution is 2.46. The van der Waals surface area contributed by atoms with Crippen LogP contribution in [0.4, 0.5) is 0 Å². The molecule has 0 unspecified atom stereocenters. The third-order valence-electron chi connectivity index (χ3n) is 2.97. The summed E-state index contributed by atoms with van der Waals surface area (Å²) in [5, 5.41) is 9.46. The van der Waals surface area contributed by atoms with E-state index in [2.05, 4.69) is 0 Å². The lowest BCUT2D eigenvalue weighted by atomic mass is 10.00. The van der Waals surface area contributed by atoms with E-state index >= 15 is 0 Å². The molecule has 1 rings (SSSR count). The number of benzene rings is 1. The summed E-state index contributed by atoms with van der Waals surface area (Å²) >= 11 is 0. The molecule has 1 atom stereocenters. The summed E-state index contributed by atoms with van der Waals surface area (Å²) in [4.78, 5) is 11.0. The van der Waals surface area contributed by atoms with Crippen LogP contribution in [0.3, 0.4) is 0 Å². The van der Waals surface area contributed by atoms with Gasteiger partial charge in [0.2, 0.25) is 0 Å². The largest absolute Gasteiger partial charge is 0.481 e. The Balaban J connectivity index is 0.00000441. The van der Waals surface area contributed by atoms with E-state index in [9.17, 15) is 9.36 Å². The summed E-state index contributed by atoms with van der Waals surface area (Å²) in [6.45, 7) is 4.14. The van der Waals surface area contributed by atoms with Gasteiger partial charge in [-0.05, 0) is 38.0 Å². The quantitative estimate of drug-likeness (QED) is 0.662. The van der Waals surface area contributed by atoms with E-state index in [1.165, 1.54) is 0 Å². The van der Waals surface area contributed by atoms with E-state index in [-0.39, 0.29) is 32.2 Å². The van der Waals surface area contributed by atoms with Crippen molar-refractivity contribution in [2.45, 2.75) is 20.3 Å². The van der Waals surface area contributed by atoms with Crippen molar-refractivity contribution in [3.8, 4) is 0 Å². The molecule has 0 aliphatic carbocycles. The average Bonchev–Trinajstić information content (AvgIpc) is 2.45. The lowest BCUT2D eigenvalue weighted by molar-refractivity contribution is -0.141. The van der Waals surface area contributed by atoms with Crippen LogP contribution in [0.15, 0.2) is 24.3 Å². The molecule has 0 radical (unpaired) electrons. The van der Waals surface area contributed by atoms with Gasteiger partial charge in [0.15, 0.2) is 0 Å². The van der Waals surface area contributed by atoms with Crippen LogP contribution in [0.25, 0.3) is 0 Å². The van der Waals surface area contributed by atoms with Crippen molar-refractivity contribution in [3.05, 3.63) is 29.8 Å². The SMILES string of the molecule is CCOP(=O)(OCC)c1ccc(C[C@@H](CN)C(=O)O)cc1.Cl. The molecular formula is C14H23ClNO5P. The Morgan fingerprint density at radius 3 is 2.09 bits per heavy atom. The molecular weight excluding hydrogens is 329 g/mol. The van der Waals surface area contributed by atoms with E-state index < -0.39 is 19.5 Å². The molecule has 1 aromatic carbocycles. The topological polar surface area (TPSA) is 98.9 Å². The lowest BCUT2D eigenvalue weighted by Gasteiger charge is -2.17. The summed E-state index contributed by atoms with van der Waals surface area (Å²) < 4.78 is 23.1. The van der Waals surface area contributed by atoms with Gasteiger partial charge in [-0.15, -0.1) is 12.4 Å². The number of rotatable bonds is 9. The van der Waals surface area contributed by atoms with Gasteiger partial charge in [0.05, 0.1) is 24.4 Å². The molecule has 0 aliphatic heterocycles. The fourth-order valence-corrected chi connectivity index (χ4v) is 3.46. The minimum absolute atomic E-state index is 0. The molecule has 6 nitrogen and oxygen atoms in total. The van der Waals surface area contributed by atoms with E-state index in [0.717, 1.165) is 5.56 Å². The first-order valence-corrected chi connectivity index (χ1v) is 8.42. The summed E-state index contributed by atoms with van der Waals surface area (Å²) in [5.41, 5.74) is 6.25. The molecule has 1 aromatic rings. The van der Waals surface area contributed by atoms with Crippen LogP contribution in [-0.4, -0.2) is 30.8 Å². The van der Waals surface area contributed by atoms with E-state index in [1.54, 1.807) is 38.1 Å². The monoisotopic (exact) mass is 351 g/mol. The van der Waals surface area contributed by atoms with Gasteiger partial charge in [-0.25, -0.2) is 0 Å². The van der Waals surface area contributed by atoms with Crippen LogP contribution in [0, 0.1) is 5.92 Å². The molecule has 22 heavy (non-hydrogen) atoms. The first-order valence-electron chi connectivity index (χ1n) is 6.88. The van der Waals surface area contributed by atoms with Gasteiger partial charge in [-0.2, -0.15) is 0 Å². The highest BCUT2D eigenvalue weighted by atomic mass is 35.5. The van der Waals surface area contributed by atoms with Gasteiger partial charge in [-0.3, -0.25) is 9.36 Å². The zero-order valence-corrected chi connectivity index (χ0v) is 14.4. The molecule has 8 heteroatoms. The van der Waals surface area contributed by atoms with Crippen molar-refractivity contribution >= 4 is 31.3 Å². The fraction of sp³-hybridized carbons (Fsp3) is 0.500. The molecule has 0 saturated heterocycles. The summed E-state index contributed by atoms with van der Waals surface area (Å²) in [7, 11) is -3.29. The first-order chi connectivity index (χ1) is 9.96. The van der Waals surface area contributed by atoms with Gasteiger partial charge in [0, 0.05) is 6.54 Å². The van der Waals surface area contributed by atoms with Crippen molar-refractivity contribution in [3.63, 3.8) is 0 Å². The Morgan fingerprint density at radius 2 is 1.73 bits per heavy atom. The number of carboxylic acid groups (broad SMARTS) is 1. The third-order valence-corrected chi connectivity index (χ3v) is 5.09. The molecule has 0 heterocycles. The number of hydrogen-bond donors (Lipinski definition) is 2. The fourth-order valence-electron chi connectivity index (χ4n) is 1.90. The maximum atomic E-state index is 12.6. The van der Waals surface area contributed by atoms with Gasteiger partial charge in [0.1, 0.15) is 0 Å². The van der Waals surface area contributed by atoms with Crippen molar-refractivity contribution in [2.75, 3.05) is 19.8 Å². The minimum atomic E-state index is -3.29. The summed E-state index contributed by atoms with van der Waals surface area (Å²) in [6, 6.07) is 6.75. The Morgan fingerprint density at radius 1 is 1.23 bits per heavy atom. The predicted octanol–water partition coefficient (Wildman–Crippen LogP) is 2.20. The number of nitrogens with two attached hydrogens (primary N) is 1. The molecule has 0 amide bonds. The molecule has 126 valence electrons. The molecule has 0 saturated carbocycles. The number of carbonyl (C=O) groups is 1. The maximum Gasteiger partial charge on any atom is 0.361 e. The highest BCUT2D eigenvalue weighted by Gasteiger charge is 2.26. The van der Waals surface area contributed by atoms with Crippen LogP contribution < -0.4 is 11.0 Å². The van der Waals surface area contributed by atoms with Gasteiger partial charge in [0.25, 0.3) is 0 Å². The second kappa shape index (κ2) is 9.98. The normalized spacial score (nSPS) is 12.5. The van der Waals surface area contributed by atoms with Crippen LogP contribution in [0.1, 0.15) is 19.4 Å². The molecule has 0 bridgehead atoms. The average molecular weight is 352 g/mol. The van der Waals surface area contributed by atoms with E-state index in [1.807, 2.05) is 0 Å². The zero-order chi connectivity index (χ0) is 15.9. The Labute approximate surface area is 136 Å². The molecule has 0 fully saturated rings. The van der Waals surface area contributed by atoms with E-state index in [4.69, 9.17) is 19.9 Å². The maximum absolute atomic E-state index is 12.6. The Hall–Kier alpha value is -0.910. The smallest absolute Gasteiger partial charge is 0.361 e. The second-order valence-electron chi connectivity index (χ2n) is 4.47. The molecule has 0 aromatic heterocycles. The van der Waals surface area contributed by atoms with Crippen molar-refractivity contribution in [1.82, 2.24) is 0 Å². The van der Waals surface area contributed by atoms with Crippen molar-refractivity contribution in [1.29, 1.82) is 0 Å². The van der Waals surface area contributed by atoms with Crippen LogP contribution >= 0.6 is 20.0 Å². The lowest BCUT2D eigenvalue weighted by Crippen LogP contribution is -2.25. The first kappa shape index (κ1) is 21.1. The summed E-state index contributed by atoms with van der Waals surface area (Å²) in [6.07, 6.45) is 0.333. The minimum Gasteiger partial charge on any atom is -0.481 e.